The molecular weight excluding hydrogens is 492 g/mol. The van der Waals surface area contributed by atoms with Gasteiger partial charge in [0.25, 0.3) is 0 Å². The number of rotatable bonds is 7. The van der Waals surface area contributed by atoms with E-state index in [0.717, 1.165) is 47.0 Å². The Hall–Kier alpha value is -3.47. The van der Waals surface area contributed by atoms with Gasteiger partial charge < -0.3 is 21.6 Å². The number of hydrogen-bond acceptors (Lipinski definition) is 3. The molecule has 0 spiro atoms. The van der Waals surface area contributed by atoms with Crippen LogP contribution in [0, 0.1) is 11.8 Å². The normalized spacial score (nSPS) is 24.8. The summed E-state index contributed by atoms with van der Waals surface area (Å²) in [5.74, 6) is 0.768. The summed E-state index contributed by atoms with van der Waals surface area (Å²) in [6, 6.07) is 30.5. The van der Waals surface area contributed by atoms with E-state index < -0.39 is 0 Å². The first kappa shape index (κ1) is 26.1. The molecule has 3 fully saturated rings. The maximum Gasteiger partial charge on any atom is 0.338 e. The molecule has 3 aromatic carbocycles. The van der Waals surface area contributed by atoms with Gasteiger partial charge >= 0.3 is 5.97 Å². The minimum atomic E-state index is -0.377. The van der Waals surface area contributed by atoms with Crippen molar-refractivity contribution in [3.63, 3.8) is 0 Å². The summed E-state index contributed by atoms with van der Waals surface area (Å²) >= 11 is 0. The third-order valence-corrected chi connectivity index (χ3v) is 8.60. The second-order valence-corrected chi connectivity index (χ2v) is 10.6. The van der Waals surface area contributed by atoms with Gasteiger partial charge in [0, 0.05) is 41.5 Å². The summed E-state index contributed by atoms with van der Waals surface area (Å²) in [4.78, 5) is 18.1. The van der Waals surface area contributed by atoms with E-state index in [1.165, 1.54) is 12.0 Å². The summed E-state index contributed by atoms with van der Waals surface area (Å²) in [6.07, 6.45) is 5.82. The summed E-state index contributed by atoms with van der Waals surface area (Å²) in [6.45, 7) is 7.22. The second-order valence-electron chi connectivity index (χ2n) is 10.6. The molecule has 4 heterocycles. The van der Waals surface area contributed by atoms with E-state index in [1.54, 1.807) is 0 Å². The van der Waals surface area contributed by atoms with Gasteiger partial charge in [-0.1, -0.05) is 72.8 Å². The lowest BCUT2D eigenvalue weighted by Crippen LogP contribution is -3.00. The lowest BCUT2D eigenvalue weighted by molar-refractivity contribution is -0.984. The predicted octanol–water partition coefficient (Wildman–Crippen LogP) is 3.75. The van der Waals surface area contributed by atoms with Crippen molar-refractivity contribution in [2.45, 2.75) is 31.5 Å². The number of fused-ring (bicyclic) bond motifs is 4. The number of carbonyl (C=O) groups excluding carboxylic acids is 1. The number of para-hydroxylation sites is 1. The van der Waals surface area contributed by atoms with Crippen LogP contribution in [0.4, 0.5) is 0 Å². The number of aromatic nitrogens is 1. The molecular formula is C33H33ClN2O2. The number of benzene rings is 3. The first-order chi connectivity index (χ1) is 18.2. The average Bonchev–Trinajstić information content (AvgIpc) is 2.96. The van der Waals surface area contributed by atoms with E-state index in [2.05, 4.69) is 60.1 Å². The minimum absolute atomic E-state index is 0. The molecule has 0 radical (unpaired) electrons. The monoisotopic (exact) mass is 524 g/mol. The molecule has 0 saturated carbocycles. The summed E-state index contributed by atoms with van der Waals surface area (Å²) < 4.78 is 7.45. The number of quaternary nitrogens is 1. The largest absolute Gasteiger partial charge is 1.00 e. The van der Waals surface area contributed by atoms with E-state index in [-0.39, 0.29) is 30.5 Å². The van der Waals surface area contributed by atoms with E-state index in [9.17, 15) is 4.79 Å². The highest BCUT2D eigenvalue weighted by Crippen LogP contribution is 2.49. The third kappa shape index (κ3) is 4.87. The van der Waals surface area contributed by atoms with Crippen molar-refractivity contribution >= 4 is 16.9 Å². The zero-order chi connectivity index (χ0) is 25.2. The number of ether oxygens (including phenoxy) is 1. The van der Waals surface area contributed by atoms with Crippen LogP contribution in [0.2, 0.25) is 0 Å². The molecule has 4 aromatic rings. The van der Waals surface area contributed by atoms with Crippen LogP contribution in [0.15, 0.2) is 110 Å². The molecule has 5 atom stereocenters. The van der Waals surface area contributed by atoms with Crippen molar-refractivity contribution in [1.82, 2.24) is 4.98 Å². The Balaban J connectivity index is 0.00000294. The molecule has 4 nitrogen and oxygen atoms in total. The molecule has 0 N–H and O–H groups in total. The zero-order valence-corrected chi connectivity index (χ0v) is 22.2. The van der Waals surface area contributed by atoms with Crippen LogP contribution in [-0.2, 0) is 11.3 Å². The fourth-order valence-electron chi connectivity index (χ4n) is 6.78. The molecule has 3 saturated heterocycles. The topological polar surface area (TPSA) is 39.2 Å². The molecule has 1 aromatic heterocycles. The molecule has 3 aliphatic rings. The molecule has 194 valence electrons. The molecule has 1 unspecified atom stereocenters. The molecule has 38 heavy (non-hydrogen) atoms. The second kappa shape index (κ2) is 11.1. The van der Waals surface area contributed by atoms with Gasteiger partial charge in [-0.2, -0.15) is 0 Å². The van der Waals surface area contributed by atoms with Crippen molar-refractivity contribution in [2.24, 2.45) is 11.8 Å². The smallest absolute Gasteiger partial charge is 0.338 e. The van der Waals surface area contributed by atoms with Gasteiger partial charge in [0.15, 0.2) is 6.10 Å². The van der Waals surface area contributed by atoms with Gasteiger partial charge in [-0.15, -0.1) is 6.58 Å². The Labute approximate surface area is 231 Å². The Morgan fingerprint density at radius 2 is 1.71 bits per heavy atom. The highest BCUT2D eigenvalue weighted by Gasteiger charge is 2.55. The number of pyridine rings is 1. The predicted molar refractivity (Wildman–Crippen MR) is 147 cm³/mol. The van der Waals surface area contributed by atoms with Gasteiger partial charge in [0.1, 0.15) is 12.6 Å². The molecule has 7 rings (SSSR count). The highest BCUT2D eigenvalue weighted by molar-refractivity contribution is 5.90. The number of piperidine rings is 3. The van der Waals surface area contributed by atoms with Crippen LogP contribution in [-0.4, -0.2) is 34.6 Å². The fourth-order valence-corrected chi connectivity index (χ4v) is 6.78. The first-order valence-electron chi connectivity index (χ1n) is 13.3. The molecule has 0 amide bonds. The van der Waals surface area contributed by atoms with E-state index >= 15 is 0 Å². The standard InChI is InChI=1S/C33H33N2O2.ClH/c1-2-25-23-35(22-24-11-5-3-6-12-24)20-18-27(25)21-31(35)32(37-33(36)26-13-7-4-8-14-26)29-17-19-34-30-16-10-9-15-28(29)30;/h2-17,19,25,27,31-32H,1,18,20-23H2;1H/q+1;/p-1/t25-,27-,31-,32+,35?;/m0./s1. The minimum Gasteiger partial charge on any atom is -1.00 e. The zero-order valence-electron chi connectivity index (χ0n) is 21.5. The fraction of sp³-hybridized carbons (Fsp3) is 0.273. The molecule has 5 heteroatoms. The van der Waals surface area contributed by atoms with Gasteiger partial charge in [0.05, 0.1) is 24.2 Å². The van der Waals surface area contributed by atoms with Crippen molar-refractivity contribution in [3.05, 3.63) is 127 Å². The molecule has 3 aliphatic heterocycles. The molecule has 2 bridgehead atoms. The van der Waals surface area contributed by atoms with Crippen LogP contribution in [0.1, 0.15) is 40.4 Å². The quantitative estimate of drug-likeness (QED) is 0.210. The first-order valence-corrected chi connectivity index (χ1v) is 13.3. The Morgan fingerprint density at radius 1 is 1.00 bits per heavy atom. The van der Waals surface area contributed by atoms with Gasteiger partial charge in [-0.25, -0.2) is 4.79 Å². The lowest BCUT2D eigenvalue weighted by Gasteiger charge is -2.58. The Kier molecular flexibility index (Phi) is 7.64. The van der Waals surface area contributed by atoms with Crippen molar-refractivity contribution in [2.75, 3.05) is 13.1 Å². The Morgan fingerprint density at radius 3 is 2.47 bits per heavy atom. The van der Waals surface area contributed by atoms with Crippen LogP contribution < -0.4 is 12.4 Å². The van der Waals surface area contributed by atoms with Crippen LogP contribution in [0.5, 0.6) is 0 Å². The van der Waals surface area contributed by atoms with Crippen LogP contribution in [0.3, 0.4) is 0 Å². The van der Waals surface area contributed by atoms with Crippen molar-refractivity contribution < 1.29 is 26.4 Å². The lowest BCUT2D eigenvalue weighted by atomic mass is 9.71. The SMILES string of the molecule is C=C[C@H]1C[N+]2(Cc3ccccc3)CC[C@H]1C[C@H]2[C@H](OC(=O)c1ccccc1)c1ccnc2ccccc12.[Cl-]. The highest BCUT2D eigenvalue weighted by atomic mass is 35.5. The van der Waals surface area contributed by atoms with Gasteiger partial charge in [0.2, 0.25) is 0 Å². The van der Waals surface area contributed by atoms with Crippen LogP contribution in [0.25, 0.3) is 10.9 Å². The maximum atomic E-state index is 13.5. The summed E-state index contributed by atoms with van der Waals surface area (Å²) in [7, 11) is 0. The van der Waals surface area contributed by atoms with Gasteiger partial charge in [-0.3, -0.25) is 4.98 Å². The maximum absolute atomic E-state index is 13.5. The van der Waals surface area contributed by atoms with E-state index in [1.807, 2.05) is 54.7 Å². The Bertz CT molecular complexity index is 1410. The van der Waals surface area contributed by atoms with E-state index in [0.29, 0.717) is 17.4 Å². The number of carbonyl (C=O) groups is 1. The third-order valence-electron chi connectivity index (χ3n) is 8.60. The average molecular weight is 525 g/mol. The summed E-state index contributed by atoms with van der Waals surface area (Å²) in [5, 5.41) is 1.05. The number of esters is 1. The van der Waals surface area contributed by atoms with Gasteiger partial charge in [-0.05, 0) is 30.2 Å². The van der Waals surface area contributed by atoms with E-state index in [4.69, 9.17) is 4.74 Å². The number of hydrogen-bond donors (Lipinski definition) is 0. The van der Waals surface area contributed by atoms with Crippen LogP contribution >= 0.6 is 0 Å². The van der Waals surface area contributed by atoms with Crippen molar-refractivity contribution in [3.8, 4) is 0 Å². The number of halogens is 1. The summed E-state index contributed by atoms with van der Waals surface area (Å²) in [5.41, 5.74) is 3.88. The number of nitrogens with zero attached hydrogens (tertiary/aromatic N) is 2. The molecule has 0 aliphatic carbocycles. The van der Waals surface area contributed by atoms with Crippen molar-refractivity contribution in [1.29, 1.82) is 0 Å².